The Morgan fingerprint density at radius 1 is 0.947 bits per heavy atom. The van der Waals surface area contributed by atoms with Crippen LogP contribution < -0.4 is 10.6 Å². The molecule has 1 unspecified atom stereocenters. The zero-order valence-electron chi connectivity index (χ0n) is 11.8. The second-order valence-electron chi connectivity index (χ2n) is 6.07. The van der Waals surface area contributed by atoms with Gasteiger partial charge in [-0.2, -0.15) is 0 Å². The number of nitrogens with one attached hydrogen (secondary N) is 2. The molecule has 1 aromatic carbocycles. The van der Waals surface area contributed by atoms with E-state index in [9.17, 15) is 0 Å². The highest BCUT2D eigenvalue weighted by Gasteiger charge is 2.20. The summed E-state index contributed by atoms with van der Waals surface area (Å²) in [5.41, 5.74) is 3.21. The van der Waals surface area contributed by atoms with Crippen molar-refractivity contribution in [2.24, 2.45) is 0 Å². The average Bonchev–Trinajstić information content (AvgIpc) is 2.50. The molecule has 2 aliphatic heterocycles. The van der Waals surface area contributed by atoms with E-state index in [1.165, 1.54) is 58.2 Å². The van der Waals surface area contributed by atoms with Crippen LogP contribution in [0.4, 0.5) is 0 Å². The lowest BCUT2D eigenvalue weighted by Gasteiger charge is -2.28. The molecule has 0 saturated carbocycles. The highest BCUT2D eigenvalue weighted by atomic mass is 14.9. The fraction of sp³-hybridized carbons (Fsp3) is 0.647. The van der Waals surface area contributed by atoms with Crippen LogP contribution in [-0.2, 0) is 6.42 Å². The minimum Gasteiger partial charge on any atom is -0.317 e. The van der Waals surface area contributed by atoms with Crippen LogP contribution in [0, 0.1) is 0 Å². The predicted octanol–water partition coefficient (Wildman–Crippen LogP) is 2.84. The topological polar surface area (TPSA) is 24.1 Å². The van der Waals surface area contributed by atoms with Gasteiger partial charge in [0.25, 0.3) is 0 Å². The van der Waals surface area contributed by atoms with Gasteiger partial charge >= 0.3 is 0 Å². The van der Waals surface area contributed by atoms with Crippen molar-refractivity contribution in [3.8, 4) is 0 Å². The van der Waals surface area contributed by atoms with Crippen LogP contribution in [-0.4, -0.2) is 25.7 Å². The SMILES string of the molecule is c1ccc(C2CCNCC2)c(CC2CCCCN2)c1. The Hall–Kier alpha value is -0.860. The molecule has 0 aliphatic carbocycles. The van der Waals surface area contributed by atoms with E-state index in [0.717, 1.165) is 5.92 Å². The summed E-state index contributed by atoms with van der Waals surface area (Å²) in [6.07, 6.45) is 7.92. The molecule has 0 bridgehead atoms. The van der Waals surface area contributed by atoms with Crippen LogP contribution >= 0.6 is 0 Å². The summed E-state index contributed by atoms with van der Waals surface area (Å²) >= 11 is 0. The minimum absolute atomic E-state index is 0.705. The zero-order chi connectivity index (χ0) is 12.9. The summed E-state index contributed by atoms with van der Waals surface area (Å²) in [5, 5.41) is 7.16. The number of hydrogen-bond acceptors (Lipinski definition) is 2. The number of piperidine rings is 2. The first kappa shape index (κ1) is 13.1. The molecule has 0 amide bonds. The van der Waals surface area contributed by atoms with Gasteiger partial charge in [0.2, 0.25) is 0 Å². The molecule has 2 aliphatic rings. The van der Waals surface area contributed by atoms with Gasteiger partial charge in [-0.1, -0.05) is 30.7 Å². The standard InChI is InChI=1S/C17H26N2/c1-2-7-17(14-8-11-18-12-9-14)15(5-1)13-16-6-3-4-10-19-16/h1-2,5,7,14,16,18-19H,3-4,6,8-13H2. The molecule has 0 aromatic heterocycles. The van der Waals surface area contributed by atoms with E-state index in [1.807, 2.05) is 0 Å². The fourth-order valence-electron chi connectivity index (χ4n) is 3.61. The molecule has 2 heterocycles. The molecule has 3 rings (SSSR count). The molecule has 19 heavy (non-hydrogen) atoms. The van der Waals surface area contributed by atoms with Crippen LogP contribution in [0.25, 0.3) is 0 Å². The first-order valence-electron chi connectivity index (χ1n) is 7.95. The number of hydrogen-bond donors (Lipinski definition) is 2. The molecule has 2 saturated heterocycles. The minimum atomic E-state index is 0.705. The van der Waals surface area contributed by atoms with Crippen LogP contribution in [0.15, 0.2) is 24.3 Å². The summed E-state index contributed by atoms with van der Waals surface area (Å²) in [4.78, 5) is 0. The highest BCUT2D eigenvalue weighted by molar-refractivity contribution is 5.31. The average molecular weight is 258 g/mol. The van der Waals surface area contributed by atoms with Crippen molar-refractivity contribution >= 4 is 0 Å². The summed E-state index contributed by atoms with van der Waals surface area (Å²) in [7, 11) is 0. The predicted molar refractivity (Wildman–Crippen MR) is 80.6 cm³/mol. The van der Waals surface area contributed by atoms with E-state index in [2.05, 4.69) is 34.9 Å². The smallest absolute Gasteiger partial charge is 0.0108 e. The van der Waals surface area contributed by atoms with Crippen molar-refractivity contribution in [1.82, 2.24) is 10.6 Å². The first-order valence-corrected chi connectivity index (χ1v) is 7.95. The highest BCUT2D eigenvalue weighted by Crippen LogP contribution is 2.29. The van der Waals surface area contributed by atoms with Crippen molar-refractivity contribution in [3.05, 3.63) is 35.4 Å². The molecule has 2 nitrogen and oxygen atoms in total. The molecular formula is C17H26N2. The molecule has 104 valence electrons. The van der Waals surface area contributed by atoms with Gasteiger partial charge in [0.05, 0.1) is 0 Å². The quantitative estimate of drug-likeness (QED) is 0.871. The normalized spacial score (nSPS) is 25.4. The van der Waals surface area contributed by atoms with Crippen LogP contribution in [0.2, 0.25) is 0 Å². The van der Waals surface area contributed by atoms with Crippen molar-refractivity contribution in [3.63, 3.8) is 0 Å². The van der Waals surface area contributed by atoms with Gasteiger partial charge < -0.3 is 10.6 Å². The third-order valence-electron chi connectivity index (χ3n) is 4.71. The molecular weight excluding hydrogens is 232 g/mol. The fourth-order valence-corrected chi connectivity index (χ4v) is 3.61. The molecule has 2 fully saturated rings. The Kier molecular flexibility index (Phi) is 4.52. The lowest BCUT2D eigenvalue weighted by atomic mass is 9.84. The van der Waals surface area contributed by atoms with Crippen molar-refractivity contribution in [2.45, 2.75) is 50.5 Å². The van der Waals surface area contributed by atoms with E-state index >= 15 is 0 Å². The largest absolute Gasteiger partial charge is 0.317 e. The van der Waals surface area contributed by atoms with Crippen LogP contribution in [0.5, 0.6) is 0 Å². The molecule has 1 aromatic rings. The van der Waals surface area contributed by atoms with E-state index in [-0.39, 0.29) is 0 Å². The lowest BCUT2D eigenvalue weighted by molar-refractivity contribution is 0.396. The van der Waals surface area contributed by atoms with Crippen molar-refractivity contribution in [2.75, 3.05) is 19.6 Å². The van der Waals surface area contributed by atoms with Gasteiger partial charge in [-0.15, -0.1) is 0 Å². The Morgan fingerprint density at radius 3 is 2.58 bits per heavy atom. The Bertz CT molecular complexity index is 390. The molecule has 0 radical (unpaired) electrons. The lowest BCUT2D eigenvalue weighted by Crippen LogP contribution is -2.36. The third kappa shape index (κ3) is 3.37. The van der Waals surface area contributed by atoms with E-state index in [4.69, 9.17) is 0 Å². The van der Waals surface area contributed by atoms with Gasteiger partial charge in [0.1, 0.15) is 0 Å². The second-order valence-corrected chi connectivity index (χ2v) is 6.07. The van der Waals surface area contributed by atoms with Crippen LogP contribution in [0.1, 0.15) is 49.1 Å². The van der Waals surface area contributed by atoms with Gasteiger partial charge in [-0.05, 0) is 68.8 Å². The van der Waals surface area contributed by atoms with Gasteiger partial charge in [0.15, 0.2) is 0 Å². The summed E-state index contributed by atoms with van der Waals surface area (Å²) in [6.45, 7) is 3.57. The Labute approximate surface area is 117 Å². The maximum atomic E-state index is 3.69. The molecule has 0 spiro atoms. The van der Waals surface area contributed by atoms with Gasteiger partial charge in [-0.3, -0.25) is 0 Å². The van der Waals surface area contributed by atoms with Crippen LogP contribution in [0.3, 0.4) is 0 Å². The van der Waals surface area contributed by atoms with E-state index in [0.29, 0.717) is 6.04 Å². The summed E-state index contributed by atoms with van der Waals surface area (Å²) in [5.74, 6) is 0.779. The monoisotopic (exact) mass is 258 g/mol. The maximum Gasteiger partial charge on any atom is 0.0108 e. The maximum absolute atomic E-state index is 3.69. The first-order chi connectivity index (χ1) is 9.43. The van der Waals surface area contributed by atoms with E-state index < -0.39 is 0 Å². The van der Waals surface area contributed by atoms with Crippen molar-refractivity contribution in [1.29, 1.82) is 0 Å². The number of rotatable bonds is 3. The molecule has 2 N–H and O–H groups in total. The third-order valence-corrected chi connectivity index (χ3v) is 4.71. The zero-order valence-corrected chi connectivity index (χ0v) is 11.8. The molecule has 1 atom stereocenters. The second kappa shape index (κ2) is 6.53. The Morgan fingerprint density at radius 2 is 1.79 bits per heavy atom. The number of benzene rings is 1. The van der Waals surface area contributed by atoms with Crippen molar-refractivity contribution < 1.29 is 0 Å². The molecule has 2 heteroatoms. The van der Waals surface area contributed by atoms with E-state index in [1.54, 1.807) is 11.1 Å². The Balaban J connectivity index is 1.72. The summed E-state index contributed by atoms with van der Waals surface area (Å²) in [6, 6.07) is 9.86. The van der Waals surface area contributed by atoms with Gasteiger partial charge in [-0.25, -0.2) is 0 Å². The van der Waals surface area contributed by atoms with Gasteiger partial charge in [0, 0.05) is 6.04 Å². The summed E-state index contributed by atoms with van der Waals surface area (Å²) < 4.78 is 0.